The van der Waals surface area contributed by atoms with Gasteiger partial charge in [0.2, 0.25) is 6.79 Å². The van der Waals surface area contributed by atoms with Crippen molar-refractivity contribution in [3.63, 3.8) is 0 Å². The fraction of sp³-hybridized carbons (Fsp3) is 0.222. The molecule has 0 bridgehead atoms. The number of rotatable bonds is 3. The van der Waals surface area contributed by atoms with E-state index in [0.717, 1.165) is 0 Å². The second kappa shape index (κ2) is 3.66. The van der Waals surface area contributed by atoms with Crippen LogP contribution in [0.1, 0.15) is 11.7 Å². The molecule has 0 spiro atoms. The van der Waals surface area contributed by atoms with Crippen LogP contribution in [0.3, 0.4) is 0 Å². The van der Waals surface area contributed by atoms with Gasteiger partial charge in [-0.05, 0) is 24.2 Å². The van der Waals surface area contributed by atoms with Crippen LogP contribution in [-0.2, 0) is 0 Å². The van der Waals surface area contributed by atoms with Crippen LogP contribution in [0.4, 0.5) is 0 Å². The van der Waals surface area contributed by atoms with Gasteiger partial charge in [0.1, 0.15) is 0 Å². The van der Waals surface area contributed by atoms with Crippen LogP contribution in [-0.4, -0.2) is 16.8 Å². The predicted octanol–water partition coefficient (Wildman–Crippen LogP) is 0.887. The summed E-state index contributed by atoms with van der Waals surface area (Å²) in [5.41, 5.74) is 0.399. The summed E-state index contributed by atoms with van der Waals surface area (Å²) >= 11 is 0. The Labute approximate surface area is 85.2 Å². The molecule has 1 aliphatic heterocycles. The maximum atomic E-state index is 10.2. The number of ether oxygens (including phenoxy) is 2. The monoisotopic (exact) mass is 210 g/mol. The molecular formula is C9H8NO5-. The van der Waals surface area contributed by atoms with Gasteiger partial charge in [0.05, 0.1) is 0 Å². The Hall–Kier alpha value is -1.95. The highest BCUT2D eigenvalue weighted by Gasteiger charge is 2.15. The minimum Gasteiger partial charge on any atom is -0.454 e. The standard InChI is InChI=1S/C9H8NO5/c11-7(4-10(12)13)6-1-2-8-9(3-6)15-5-14-8/h1-4,7,11H,5H2/q-1. The molecule has 1 aromatic carbocycles. The summed E-state index contributed by atoms with van der Waals surface area (Å²) in [6.07, 6.45) is -1.24. The first-order valence-electron chi connectivity index (χ1n) is 4.23. The van der Waals surface area contributed by atoms with Gasteiger partial charge >= 0.3 is 0 Å². The van der Waals surface area contributed by atoms with Crippen molar-refractivity contribution >= 4 is 0 Å². The molecule has 80 valence electrons. The molecule has 6 heteroatoms. The van der Waals surface area contributed by atoms with Gasteiger partial charge in [-0.1, -0.05) is 6.07 Å². The normalized spacial score (nSPS) is 14.7. The van der Waals surface area contributed by atoms with Crippen LogP contribution in [0.15, 0.2) is 18.2 Å². The molecule has 0 aromatic heterocycles. The molecule has 2 rings (SSSR count). The lowest BCUT2D eigenvalue weighted by atomic mass is 10.1. The van der Waals surface area contributed by atoms with Crippen molar-refractivity contribution in [2.24, 2.45) is 0 Å². The zero-order valence-corrected chi connectivity index (χ0v) is 7.62. The van der Waals surface area contributed by atoms with Gasteiger partial charge in [0, 0.05) is 6.10 Å². The predicted molar refractivity (Wildman–Crippen MR) is 48.8 cm³/mol. The summed E-state index contributed by atoms with van der Waals surface area (Å²) in [7, 11) is 0. The van der Waals surface area contributed by atoms with Crippen molar-refractivity contribution in [2.75, 3.05) is 6.79 Å². The van der Waals surface area contributed by atoms with E-state index in [1.807, 2.05) is 0 Å². The van der Waals surface area contributed by atoms with Gasteiger partial charge < -0.3 is 14.6 Å². The van der Waals surface area contributed by atoms with E-state index in [1.165, 1.54) is 6.07 Å². The summed E-state index contributed by atoms with van der Waals surface area (Å²) < 4.78 is 10.1. The Balaban J connectivity index is 2.19. The van der Waals surface area contributed by atoms with Crippen molar-refractivity contribution in [1.29, 1.82) is 0 Å². The lowest BCUT2D eigenvalue weighted by Gasteiger charge is -2.14. The zero-order valence-electron chi connectivity index (χ0n) is 7.62. The molecule has 1 atom stereocenters. The van der Waals surface area contributed by atoms with Crippen molar-refractivity contribution in [1.82, 2.24) is 0 Å². The van der Waals surface area contributed by atoms with Crippen LogP contribution in [0.5, 0.6) is 11.5 Å². The lowest BCUT2D eigenvalue weighted by Crippen LogP contribution is -2.05. The maximum Gasteiger partial charge on any atom is 0.231 e. The van der Waals surface area contributed by atoms with Crippen molar-refractivity contribution in [3.05, 3.63) is 40.4 Å². The van der Waals surface area contributed by atoms with Crippen LogP contribution >= 0.6 is 0 Å². The molecule has 0 amide bonds. The van der Waals surface area contributed by atoms with E-state index in [-0.39, 0.29) is 6.79 Å². The molecule has 1 N–H and O–H groups in total. The average molecular weight is 210 g/mol. The number of hydrogen-bond acceptors (Lipinski definition) is 5. The maximum absolute atomic E-state index is 10.2. The Morgan fingerprint density at radius 2 is 2.20 bits per heavy atom. The minimum atomic E-state index is -1.24. The van der Waals surface area contributed by atoms with Crippen molar-refractivity contribution < 1.29 is 19.5 Å². The topological polar surface area (TPSA) is 81.8 Å². The molecule has 15 heavy (non-hydrogen) atoms. The molecule has 0 fully saturated rings. The summed E-state index contributed by atoms with van der Waals surface area (Å²) in [5.74, 6) is 1.07. The largest absolute Gasteiger partial charge is 0.454 e. The van der Waals surface area contributed by atoms with Crippen molar-refractivity contribution in [3.8, 4) is 11.5 Å². The lowest BCUT2D eigenvalue weighted by molar-refractivity contribution is -0.447. The Bertz CT molecular complexity index is 392. The number of nitro groups is 1. The second-order valence-corrected chi connectivity index (χ2v) is 2.99. The third-order valence-corrected chi connectivity index (χ3v) is 2.00. The molecule has 0 saturated heterocycles. The van der Waals surface area contributed by atoms with E-state index in [0.29, 0.717) is 23.6 Å². The molecule has 1 unspecified atom stereocenters. The number of hydrogen-bond donors (Lipinski definition) is 1. The van der Waals surface area contributed by atoms with E-state index in [1.54, 1.807) is 12.1 Å². The molecule has 6 nitrogen and oxygen atoms in total. The fourth-order valence-corrected chi connectivity index (χ4v) is 1.30. The summed E-state index contributed by atoms with van der Waals surface area (Å²) in [4.78, 5) is 9.47. The molecule has 1 aliphatic rings. The molecule has 0 radical (unpaired) electrons. The summed E-state index contributed by atoms with van der Waals surface area (Å²) in [6.45, 7) is 0.741. The second-order valence-electron chi connectivity index (χ2n) is 2.99. The SMILES string of the molecule is O=[N+]([O-])[CH-]C(O)c1ccc2c(c1)OCO2. The smallest absolute Gasteiger partial charge is 0.231 e. The summed E-state index contributed by atoms with van der Waals surface area (Å²) in [6, 6.07) is 4.68. The van der Waals surface area contributed by atoms with E-state index in [2.05, 4.69) is 0 Å². The van der Waals surface area contributed by atoms with Gasteiger partial charge in [-0.15, -0.1) is 4.92 Å². The average Bonchev–Trinajstić information content (AvgIpc) is 2.62. The van der Waals surface area contributed by atoms with E-state index < -0.39 is 11.0 Å². The first-order chi connectivity index (χ1) is 7.16. The summed E-state index contributed by atoms with van der Waals surface area (Å²) in [5, 5.41) is 19.6. The molecule has 0 aliphatic carbocycles. The minimum absolute atomic E-state index is 0.133. The van der Waals surface area contributed by atoms with E-state index in [4.69, 9.17) is 9.47 Å². The fourth-order valence-electron chi connectivity index (χ4n) is 1.30. The van der Waals surface area contributed by atoms with Crippen LogP contribution in [0.2, 0.25) is 0 Å². The van der Waals surface area contributed by atoms with Crippen molar-refractivity contribution in [2.45, 2.75) is 6.10 Å². The first kappa shape index (κ1) is 9.60. The number of benzene rings is 1. The Morgan fingerprint density at radius 1 is 1.47 bits per heavy atom. The molecule has 1 heterocycles. The van der Waals surface area contributed by atoms with Gasteiger partial charge in [0.15, 0.2) is 11.5 Å². The van der Waals surface area contributed by atoms with Gasteiger partial charge in [-0.3, -0.25) is 10.1 Å². The number of fused-ring (bicyclic) bond motifs is 1. The highest BCUT2D eigenvalue weighted by molar-refractivity contribution is 5.45. The van der Waals surface area contributed by atoms with Gasteiger partial charge in [-0.25, -0.2) is 0 Å². The number of aliphatic hydroxyl groups excluding tert-OH is 1. The highest BCUT2D eigenvalue weighted by Crippen LogP contribution is 2.34. The molecular weight excluding hydrogens is 202 g/mol. The molecule has 1 aromatic rings. The zero-order chi connectivity index (χ0) is 10.8. The third kappa shape index (κ3) is 1.94. The van der Waals surface area contributed by atoms with Gasteiger partial charge in [0.25, 0.3) is 0 Å². The van der Waals surface area contributed by atoms with E-state index >= 15 is 0 Å². The Morgan fingerprint density at radius 3 is 2.93 bits per heavy atom. The van der Waals surface area contributed by atoms with Crippen LogP contribution in [0, 0.1) is 16.7 Å². The molecule has 0 saturated carbocycles. The number of nitrogens with zero attached hydrogens (tertiary/aromatic N) is 1. The first-order valence-corrected chi connectivity index (χ1v) is 4.23. The number of aliphatic hydroxyl groups is 1. The van der Waals surface area contributed by atoms with E-state index in [9.17, 15) is 15.2 Å². The van der Waals surface area contributed by atoms with Crippen LogP contribution < -0.4 is 9.47 Å². The van der Waals surface area contributed by atoms with Crippen LogP contribution in [0.25, 0.3) is 0 Å². The third-order valence-electron chi connectivity index (χ3n) is 2.00. The van der Waals surface area contributed by atoms with Gasteiger partial charge in [-0.2, -0.15) is 0 Å². The quantitative estimate of drug-likeness (QED) is 0.455. The Kier molecular flexibility index (Phi) is 2.34. The highest BCUT2D eigenvalue weighted by atomic mass is 16.7.